The predicted octanol–water partition coefficient (Wildman–Crippen LogP) is 3.36. The molecule has 1 rings (SSSR count). The van der Waals surface area contributed by atoms with Crippen molar-refractivity contribution in [3.63, 3.8) is 0 Å². The van der Waals surface area contributed by atoms with Gasteiger partial charge >= 0.3 is 0 Å². The average Bonchev–Trinajstić information content (AvgIpc) is 2.83. The van der Waals surface area contributed by atoms with Crippen LogP contribution in [0.2, 0.25) is 0 Å². The van der Waals surface area contributed by atoms with Gasteiger partial charge in [-0.05, 0) is 6.42 Å². The van der Waals surface area contributed by atoms with Crippen molar-refractivity contribution in [3.05, 3.63) is 16.1 Å². The number of rotatable bonds is 7. The molecule has 1 aromatic heterocycles. The number of amides is 1. The van der Waals surface area contributed by atoms with Gasteiger partial charge in [-0.25, -0.2) is 4.98 Å². The summed E-state index contributed by atoms with van der Waals surface area (Å²) in [6.07, 6.45) is 3.12. The highest BCUT2D eigenvalue weighted by Crippen LogP contribution is 2.19. The van der Waals surface area contributed by atoms with Crippen LogP contribution in [0.1, 0.15) is 61.4 Å². The summed E-state index contributed by atoms with van der Waals surface area (Å²) >= 11 is 1.54. The van der Waals surface area contributed by atoms with Crippen molar-refractivity contribution in [1.29, 1.82) is 0 Å². The van der Waals surface area contributed by atoms with Crippen LogP contribution >= 0.6 is 36.2 Å². The first-order valence-corrected chi connectivity index (χ1v) is 7.42. The van der Waals surface area contributed by atoms with Crippen molar-refractivity contribution in [3.8, 4) is 0 Å². The number of nitrogens with two attached hydrogens (primary N) is 1. The highest BCUT2D eigenvalue weighted by molar-refractivity contribution is 7.09. The fourth-order valence-electron chi connectivity index (χ4n) is 1.62. The number of halogens is 2. The molecule has 0 bridgehead atoms. The smallest absolute Gasteiger partial charge is 0.271 e. The van der Waals surface area contributed by atoms with Crippen molar-refractivity contribution in [2.75, 3.05) is 6.54 Å². The number of thiazole rings is 1. The third-order valence-corrected chi connectivity index (χ3v) is 3.92. The van der Waals surface area contributed by atoms with E-state index in [-0.39, 0.29) is 36.8 Å². The van der Waals surface area contributed by atoms with E-state index < -0.39 is 0 Å². The summed E-state index contributed by atoms with van der Waals surface area (Å²) in [6, 6.07) is 0.0571. The van der Waals surface area contributed by atoms with Crippen LogP contribution in [0.5, 0.6) is 0 Å². The number of unbranched alkanes of at least 4 members (excludes halogenated alkanes) is 1. The lowest BCUT2D eigenvalue weighted by molar-refractivity contribution is 0.0931. The van der Waals surface area contributed by atoms with E-state index in [9.17, 15) is 4.79 Å². The lowest BCUT2D eigenvalue weighted by Gasteiger charge is -2.15. The first-order valence-electron chi connectivity index (χ1n) is 6.54. The molecule has 1 amide bonds. The van der Waals surface area contributed by atoms with Gasteiger partial charge in [0.25, 0.3) is 5.91 Å². The maximum absolute atomic E-state index is 12.0. The average molecular weight is 342 g/mol. The van der Waals surface area contributed by atoms with Crippen molar-refractivity contribution in [1.82, 2.24) is 10.3 Å². The SMILES string of the molecule is CCCCC(CN)NC(=O)c1csc(C(C)C)n1.Cl.Cl. The number of nitrogens with one attached hydrogen (secondary N) is 1. The van der Waals surface area contributed by atoms with Gasteiger partial charge in [0, 0.05) is 23.9 Å². The molecule has 0 saturated carbocycles. The first kappa shape index (κ1) is 21.9. The molecule has 7 heteroatoms. The molecule has 0 aromatic carbocycles. The Hall–Kier alpha value is -0.360. The zero-order valence-corrected chi connectivity index (χ0v) is 14.7. The zero-order valence-electron chi connectivity index (χ0n) is 12.2. The van der Waals surface area contributed by atoms with Crippen LogP contribution in [0.3, 0.4) is 0 Å². The lowest BCUT2D eigenvalue weighted by atomic mass is 10.1. The Morgan fingerprint density at radius 3 is 2.55 bits per heavy atom. The molecule has 1 atom stereocenters. The minimum atomic E-state index is -0.107. The summed E-state index contributed by atoms with van der Waals surface area (Å²) in [7, 11) is 0. The van der Waals surface area contributed by atoms with Gasteiger partial charge in [0.2, 0.25) is 0 Å². The van der Waals surface area contributed by atoms with Crippen molar-refractivity contribution in [2.24, 2.45) is 5.73 Å². The summed E-state index contributed by atoms with van der Waals surface area (Å²) in [5.41, 5.74) is 6.17. The van der Waals surface area contributed by atoms with Gasteiger partial charge in [-0.15, -0.1) is 36.2 Å². The van der Waals surface area contributed by atoms with Crippen LogP contribution in [-0.4, -0.2) is 23.5 Å². The largest absolute Gasteiger partial charge is 0.347 e. The van der Waals surface area contributed by atoms with Gasteiger partial charge < -0.3 is 11.1 Å². The highest BCUT2D eigenvalue weighted by atomic mass is 35.5. The number of hydrogen-bond donors (Lipinski definition) is 2. The molecule has 0 radical (unpaired) electrons. The number of carbonyl (C=O) groups excluding carboxylic acids is 1. The molecular weight excluding hydrogens is 317 g/mol. The van der Waals surface area contributed by atoms with E-state index in [2.05, 4.69) is 31.1 Å². The Morgan fingerprint density at radius 2 is 2.10 bits per heavy atom. The Morgan fingerprint density at radius 1 is 1.45 bits per heavy atom. The van der Waals surface area contributed by atoms with Crippen LogP contribution in [0, 0.1) is 0 Å². The van der Waals surface area contributed by atoms with Gasteiger partial charge in [-0.1, -0.05) is 33.6 Å². The molecule has 1 heterocycles. The third kappa shape index (κ3) is 6.88. The molecule has 1 aromatic rings. The maximum Gasteiger partial charge on any atom is 0.271 e. The van der Waals surface area contributed by atoms with E-state index in [1.165, 1.54) is 11.3 Å². The Bertz CT molecular complexity index is 385. The molecule has 0 aliphatic rings. The summed E-state index contributed by atoms with van der Waals surface area (Å²) < 4.78 is 0. The number of carbonyl (C=O) groups is 1. The second-order valence-electron chi connectivity index (χ2n) is 4.77. The summed E-state index contributed by atoms with van der Waals surface area (Å²) in [4.78, 5) is 16.3. The summed E-state index contributed by atoms with van der Waals surface area (Å²) in [5, 5.41) is 5.77. The zero-order chi connectivity index (χ0) is 13.5. The second kappa shape index (κ2) is 11.3. The molecule has 20 heavy (non-hydrogen) atoms. The molecule has 0 aliphatic heterocycles. The van der Waals surface area contributed by atoms with Gasteiger partial charge in [0.05, 0.1) is 5.01 Å². The van der Waals surface area contributed by atoms with Crippen LogP contribution in [0.25, 0.3) is 0 Å². The van der Waals surface area contributed by atoms with Crippen LogP contribution in [-0.2, 0) is 0 Å². The number of nitrogens with zero attached hydrogens (tertiary/aromatic N) is 1. The molecule has 0 saturated heterocycles. The molecule has 0 aliphatic carbocycles. The predicted molar refractivity (Wildman–Crippen MR) is 90.5 cm³/mol. The Balaban J connectivity index is 0. The second-order valence-corrected chi connectivity index (χ2v) is 5.66. The third-order valence-electron chi connectivity index (χ3n) is 2.77. The standard InChI is InChI=1S/C13H23N3OS.2ClH/c1-4-5-6-10(7-14)15-12(17)11-8-18-13(16-11)9(2)3;;/h8-10H,4-7,14H2,1-3H3,(H,15,17);2*1H. The summed E-state index contributed by atoms with van der Waals surface area (Å²) in [6.45, 7) is 6.76. The molecular formula is C13H25Cl2N3OS. The molecule has 0 fully saturated rings. The minimum Gasteiger partial charge on any atom is -0.347 e. The number of aromatic nitrogens is 1. The van der Waals surface area contributed by atoms with Gasteiger partial charge in [-0.2, -0.15) is 0 Å². The summed E-state index contributed by atoms with van der Waals surface area (Å²) in [5.74, 6) is 0.256. The molecule has 4 nitrogen and oxygen atoms in total. The Labute approximate surface area is 137 Å². The normalized spacial score (nSPS) is 11.4. The maximum atomic E-state index is 12.0. The monoisotopic (exact) mass is 341 g/mol. The fraction of sp³-hybridized carbons (Fsp3) is 0.692. The van der Waals surface area contributed by atoms with Gasteiger partial charge in [-0.3, -0.25) is 4.79 Å². The van der Waals surface area contributed by atoms with E-state index in [0.29, 0.717) is 18.2 Å². The minimum absolute atomic E-state index is 0. The molecule has 118 valence electrons. The first-order chi connectivity index (χ1) is 8.58. The molecule has 1 unspecified atom stereocenters. The van der Waals surface area contributed by atoms with Crippen LogP contribution < -0.4 is 11.1 Å². The van der Waals surface area contributed by atoms with E-state index in [1.54, 1.807) is 0 Å². The van der Waals surface area contributed by atoms with Crippen LogP contribution in [0.4, 0.5) is 0 Å². The Kier molecular flexibility index (Phi) is 12.4. The van der Waals surface area contributed by atoms with Crippen molar-refractivity contribution in [2.45, 2.75) is 52.0 Å². The fourth-order valence-corrected chi connectivity index (χ4v) is 2.43. The van der Waals surface area contributed by atoms with E-state index in [0.717, 1.165) is 24.3 Å². The van der Waals surface area contributed by atoms with Crippen molar-refractivity contribution < 1.29 is 4.79 Å². The van der Waals surface area contributed by atoms with E-state index >= 15 is 0 Å². The number of hydrogen-bond acceptors (Lipinski definition) is 4. The van der Waals surface area contributed by atoms with Gasteiger partial charge in [0.1, 0.15) is 5.69 Å². The quantitative estimate of drug-likeness (QED) is 0.798. The van der Waals surface area contributed by atoms with Crippen LogP contribution in [0.15, 0.2) is 5.38 Å². The van der Waals surface area contributed by atoms with E-state index in [1.807, 2.05) is 5.38 Å². The highest BCUT2D eigenvalue weighted by Gasteiger charge is 2.15. The van der Waals surface area contributed by atoms with Crippen molar-refractivity contribution >= 4 is 42.1 Å². The molecule has 0 spiro atoms. The van der Waals surface area contributed by atoms with Gasteiger partial charge in [0.15, 0.2) is 0 Å². The van der Waals surface area contributed by atoms with E-state index in [4.69, 9.17) is 5.73 Å². The molecule has 3 N–H and O–H groups in total. The topological polar surface area (TPSA) is 68.0 Å². The lowest BCUT2D eigenvalue weighted by Crippen LogP contribution is -2.40.